The Kier molecular flexibility index (Phi) is 5.59. The summed E-state index contributed by atoms with van der Waals surface area (Å²) >= 11 is 0. The number of rotatable bonds is 6. The van der Waals surface area contributed by atoms with Gasteiger partial charge in [-0.1, -0.05) is 0 Å². The summed E-state index contributed by atoms with van der Waals surface area (Å²) in [6.45, 7) is 12.1. The molecular formula is C17H30N4. The summed E-state index contributed by atoms with van der Waals surface area (Å²) in [5.41, 5.74) is 2.49. The summed E-state index contributed by atoms with van der Waals surface area (Å²) in [4.78, 5) is 9.35. The molecular weight excluding hydrogens is 260 g/mol. The summed E-state index contributed by atoms with van der Waals surface area (Å²) in [5.74, 6) is 0. The number of anilines is 1. The van der Waals surface area contributed by atoms with Crippen molar-refractivity contribution < 1.29 is 0 Å². The molecule has 1 fully saturated rings. The molecule has 118 valence electrons. The highest BCUT2D eigenvalue weighted by Crippen LogP contribution is 2.14. The Bertz CT molecular complexity index is 433. The monoisotopic (exact) mass is 290 g/mol. The first kappa shape index (κ1) is 16.2. The molecule has 2 rings (SSSR count). The number of likely N-dealkylation sites (tertiary alicyclic amines) is 1. The van der Waals surface area contributed by atoms with E-state index in [1.54, 1.807) is 0 Å². The molecule has 0 aliphatic carbocycles. The van der Waals surface area contributed by atoms with Crippen LogP contribution in [0.3, 0.4) is 0 Å². The summed E-state index contributed by atoms with van der Waals surface area (Å²) in [6.07, 6.45) is 4.64. The zero-order valence-electron chi connectivity index (χ0n) is 14.0. The lowest BCUT2D eigenvalue weighted by molar-refractivity contribution is 0.346. The number of aromatic nitrogens is 1. The molecule has 1 saturated heterocycles. The Balaban J connectivity index is 1.86. The second kappa shape index (κ2) is 7.23. The minimum absolute atomic E-state index is 0.124. The van der Waals surface area contributed by atoms with Crippen LogP contribution in [0.2, 0.25) is 0 Å². The van der Waals surface area contributed by atoms with E-state index in [0.717, 1.165) is 25.3 Å². The first-order valence-electron chi connectivity index (χ1n) is 8.07. The fourth-order valence-corrected chi connectivity index (χ4v) is 2.58. The molecule has 0 radical (unpaired) electrons. The van der Waals surface area contributed by atoms with Gasteiger partial charge in [0, 0.05) is 44.1 Å². The van der Waals surface area contributed by atoms with Crippen LogP contribution >= 0.6 is 0 Å². The van der Waals surface area contributed by atoms with Gasteiger partial charge in [0.25, 0.3) is 0 Å². The van der Waals surface area contributed by atoms with Crippen molar-refractivity contribution in [1.29, 1.82) is 0 Å². The van der Waals surface area contributed by atoms with Crippen molar-refractivity contribution in [1.82, 2.24) is 15.2 Å². The van der Waals surface area contributed by atoms with Crippen molar-refractivity contribution in [3.05, 3.63) is 24.0 Å². The van der Waals surface area contributed by atoms with Gasteiger partial charge in [0.05, 0.1) is 5.69 Å². The molecule has 2 heterocycles. The first-order chi connectivity index (χ1) is 9.94. The van der Waals surface area contributed by atoms with Crippen LogP contribution < -0.4 is 10.2 Å². The van der Waals surface area contributed by atoms with Crippen molar-refractivity contribution in [3.63, 3.8) is 0 Å². The predicted molar refractivity (Wildman–Crippen MR) is 89.8 cm³/mol. The molecule has 1 aliphatic heterocycles. The summed E-state index contributed by atoms with van der Waals surface area (Å²) in [5, 5.41) is 3.49. The van der Waals surface area contributed by atoms with Crippen LogP contribution in [0.15, 0.2) is 18.3 Å². The number of nitrogens with one attached hydrogen (secondary N) is 1. The molecule has 1 aromatic heterocycles. The van der Waals surface area contributed by atoms with Crippen LogP contribution in [0.4, 0.5) is 5.69 Å². The fraction of sp³-hybridized carbons (Fsp3) is 0.706. The van der Waals surface area contributed by atoms with Crippen LogP contribution in [0.1, 0.15) is 39.3 Å². The minimum Gasteiger partial charge on any atom is -0.373 e. The molecule has 4 nitrogen and oxygen atoms in total. The Morgan fingerprint density at radius 2 is 2.00 bits per heavy atom. The second-order valence-electron chi connectivity index (χ2n) is 7.08. The Morgan fingerprint density at radius 1 is 1.29 bits per heavy atom. The predicted octanol–water partition coefficient (Wildman–Crippen LogP) is 2.50. The smallest absolute Gasteiger partial charge is 0.0562 e. The lowest BCUT2D eigenvalue weighted by atomic mass is 10.1. The van der Waals surface area contributed by atoms with E-state index in [-0.39, 0.29) is 5.54 Å². The lowest BCUT2D eigenvalue weighted by Gasteiger charge is -2.24. The SMILES string of the molecule is CN(CCN1CCCC1)c1ccnc(CNC(C)(C)C)c1. The van der Waals surface area contributed by atoms with Crippen LogP contribution in [0.25, 0.3) is 0 Å². The number of hydrogen-bond acceptors (Lipinski definition) is 4. The Morgan fingerprint density at radius 3 is 2.67 bits per heavy atom. The van der Waals surface area contributed by atoms with Crippen LogP contribution in [0.5, 0.6) is 0 Å². The highest BCUT2D eigenvalue weighted by molar-refractivity contribution is 5.45. The third-order valence-corrected chi connectivity index (χ3v) is 3.99. The Labute approximate surface area is 129 Å². The third kappa shape index (κ3) is 5.64. The van der Waals surface area contributed by atoms with Crippen molar-refractivity contribution in [2.45, 2.75) is 45.7 Å². The van der Waals surface area contributed by atoms with Crippen molar-refractivity contribution >= 4 is 5.69 Å². The van der Waals surface area contributed by atoms with Crippen molar-refractivity contribution in [2.24, 2.45) is 0 Å². The van der Waals surface area contributed by atoms with E-state index in [1.165, 1.54) is 31.6 Å². The van der Waals surface area contributed by atoms with Crippen molar-refractivity contribution in [3.8, 4) is 0 Å². The van der Waals surface area contributed by atoms with Crippen LogP contribution in [-0.2, 0) is 6.54 Å². The third-order valence-electron chi connectivity index (χ3n) is 3.99. The van der Waals surface area contributed by atoms with Crippen LogP contribution in [-0.4, -0.2) is 48.6 Å². The molecule has 21 heavy (non-hydrogen) atoms. The van der Waals surface area contributed by atoms with Gasteiger partial charge in [-0.05, 0) is 58.8 Å². The van der Waals surface area contributed by atoms with Gasteiger partial charge in [-0.25, -0.2) is 0 Å². The number of nitrogens with zero attached hydrogens (tertiary/aromatic N) is 3. The van der Waals surface area contributed by atoms with E-state index in [9.17, 15) is 0 Å². The molecule has 0 saturated carbocycles. The number of pyridine rings is 1. The maximum absolute atomic E-state index is 4.46. The fourth-order valence-electron chi connectivity index (χ4n) is 2.58. The van der Waals surface area contributed by atoms with E-state index in [0.29, 0.717) is 0 Å². The second-order valence-corrected chi connectivity index (χ2v) is 7.08. The summed E-state index contributed by atoms with van der Waals surface area (Å²) < 4.78 is 0. The molecule has 4 heteroatoms. The maximum Gasteiger partial charge on any atom is 0.0562 e. The number of likely N-dealkylation sites (N-methyl/N-ethyl adjacent to an activating group) is 1. The van der Waals surface area contributed by atoms with Gasteiger partial charge in [0.1, 0.15) is 0 Å². The van der Waals surface area contributed by atoms with Gasteiger partial charge in [0.2, 0.25) is 0 Å². The Hall–Kier alpha value is -1.13. The normalized spacial score (nSPS) is 16.4. The quantitative estimate of drug-likeness (QED) is 0.872. The highest BCUT2D eigenvalue weighted by atomic mass is 15.2. The maximum atomic E-state index is 4.46. The van der Waals surface area contributed by atoms with E-state index in [2.05, 4.69) is 60.1 Å². The molecule has 0 atom stereocenters. The van der Waals surface area contributed by atoms with E-state index in [4.69, 9.17) is 0 Å². The zero-order chi connectivity index (χ0) is 15.3. The van der Waals surface area contributed by atoms with Gasteiger partial charge in [0.15, 0.2) is 0 Å². The molecule has 0 spiro atoms. The summed E-state index contributed by atoms with van der Waals surface area (Å²) in [7, 11) is 2.17. The van der Waals surface area contributed by atoms with Gasteiger partial charge >= 0.3 is 0 Å². The summed E-state index contributed by atoms with van der Waals surface area (Å²) in [6, 6.07) is 4.30. The molecule has 0 aromatic carbocycles. The van der Waals surface area contributed by atoms with E-state index in [1.807, 2.05) is 6.20 Å². The lowest BCUT2D eigenvalue weighted by Crippen LogP contribution is -2.35. The average Bonchev–Trinajstić information content (AvgIpc) is 2.95. The largest absolute Gasteiger partial charge is 0.373 e. The molecule has 0 unspecified atom stereocenters. The molecule has 1 N–H and O–H groups in total. The van der Waals surface area contributed by atoms with Gasteiger partial charge in [-0.2, -0.15) is 0 Å². The van der Waals surface area contributed by atoms with Gasteiger partial charge in [-0.3, -0.25) is 4.98 Å². The topological polar surface area (TPSA) is 31.4 Å². The highest BCUT2D eigenvalue weighted by Gasteiger charge is 2.13. The minimum atomic E-state index is 0.124. The van der Waals surface area contributed by atoms with Gasteiger partial charge < -0.3 is 15.1 Å². The van der Waals surface area contributed by atoms with Gasteiger partial charge in [-0.15, -0.1) is 0 Å². The van der Waals surface area contributed by atoms with E-state index < -0.39 is 0 Å². The van der Waals surface area contributed by atoms with E-state index >= 15 is 0 Å². The zero-order valence-corrected chi connectivity index (χ0v) is 14.0. The molecule has 1 aromatic rings. The number of hydrogen-bond donors (Lipinski definition) is 1. The van der Waals surface area contributed by atoms with Crippen molar-refractivity contribution in [2.75, 3.05) is 38.1 Å². The molecule has 0 bridgehead atoms. The molecule has 1 aliphatic rings. The van der Waals surface area contributed by atoms with Crippen LogP contribution in [0, 0.1) is 0 Å². The average molecular weight is 290 g/mol. The molecule has 0 amide bonds. The standard InChI is InChI=1S/C17H30N4/c1-17(2,3)19-14-15-13-16(7-8-18-15)20(4)11-12-21-9-5-6-10-21/h7-8,13,19H,5-6,9-12,14H2,1-4H3. The first-order valence-corrected chi connectivity index (χ1v) is 8.07.